The van der Waals surface area contributed by atoms with Crippen LogP contribution in [0.5, 0.6) is 0 Å². The topological polar surface area (TPSA) is 71.5 Å². The van der Waals surface area contributed by atoms with E-state index in [0.29, 0.717) is 5.56 Å². The third-order valence-corrected chi connectivity index (χ3v) is 1.99. The number of benzene rings is 1. The summed E-state index contributed by atoms with van der Waals surface area (Å²) in [6.07, 6.45) is 1.58. The van der Waals surface area contributed by atoms with Gasteiger partial charge in [0, 0.05) is 17.1 Å². The fraction of sp³-hybridized carbons (Fsp3) is 0. The van der Waals surface area contributed by atoms with Gasteiger partial charge in [-0.1, -0.05) is 23.4 Å². The van der Waals surface area contributed by atoms with Crippen LogP contribution in [0.25, 0.3) is 10.9 Å². The quantitative estimate of drug-likeness (QED) is 0.306. The Morgan fingerprint density at radius 3 is 2.93 bits per heavy atom. The van der Waals surface area contributed by atoms with E-state index in [1.807, 2.05) is 30.3 Å². The van der Waals surface area contributed by atoms with Crippen LogP contribution in [0.1, 0.15) is 5.56 Å². The molecule has 0 aliphatic heterocycles. The maximum absolute atomic E-state index is 8.50. The molecular weight excluding hydrogens is 178 g/mol. The molecule has 0 atom stereocenters. The lowest BCUT2D eigenvalue weighted by Crippen LogP contribution is -2.13. The fourth-order valence-electron chi connectivity index (χ4n) is 1.27. The Balaban J connectivity index is 2.62. The summed E-state index contributed by atoms with van der Waals surface area (Å²) in [6.45, 7) is 0. The van der Waals surface area contributed by atoms with Crippen LogP contribution in [0.3, 0.4) is 0 Å². The third-order valence-electron chi connectivity index (χ3n) is 1.99. The minimum absolute atomic E-state index is 0.0725. The lowest BCUT2D eigenvalue weighted by Gasteiger charge is -2.00. The summed E-state index contributed by atoms with van der Waals surface area (Å²) in [4.78, 5) is 4.18. The summed E-state index contributed by atoms with van der Waals surface area (Å²) in [5.74, 6) is 0.0725. The number of rotatable bonds is 1. The summed E-state index contributed by atoms with van der Waals surface area (Å²) in [6, 6.07) is 9.50. The zero-order valence-electron chi connectivity index (χ0n) is 7.38. The van der Waals surface area contributed by atoms with Crippen LogP contribution in [0.2, 0.25) is 0 Å². The maximum Gasteiger partial charge on any atom is 0.171 e. The molecule has 3 N–H and O–H groups in total. The zero-order chi connectivity index (χ0) is 9.97. The summed E-state index contributed by atoms with van der Waals surface area (Å²) in [5.41, 5.74) is 6.95. The highest BCUT2D eigenvalue weighted by Crippen LogP contribution is 2.12. The molecule has 1 heterocycles. The monoisotopic (exact) mass is 187 g/mol. The molecule has 1 aromatic carbocycles. The van der Waals surface area contributed by atoms with Crippen molar-refractivity contribution >= 4 is 16.7 Å². The van der Waals surface area contributed by atoms with Crippen molar-refractivity contribution in [1.82, 2.24) is 4.98 Å². The van der Waals surface area contributed by atoms with Gasteiger partial charge < -0.3 is 10.9 Å². The number of pyridine rings is 1. The van der Waals surface area contributed by atoms with Crippen LogP contribution in [0.4, 0.5) is 0 Å². The molecule has 0 aliphatic rings. The second kappa shape index (κ2) is 3.33. The minimum Gasteiger partial charge on any atom is -0.409 e. The smallest absolute Gasteiger partial charge is 0.171 e. The SMILES string of the molecule is N/C(=N/O)c1cnc2ccccc2c1. The Bertz CT molecular complexity index is 493. The van der Waals surface area contributed by atoms with E-state index in [1.54, 1.807) is 6.20 Å². The van der Waals surface area contributed by atoms with Gasteiger partial charge in [-0.05, 0) is 12.1 Å². The van der Waals surface area contributed by atoms with E-state index in [2.05, 4.69) is 10.1 Å². The Hall–Kier alpha value is -2.10. The predicted octanol–water partition coefficient (Wildman–Crippen LogP) is 1.33. The van der Waals surface area contributed by atoms with Crippen molar-refractivity contribution < 1.29 is 5.21 Å². The average molecular weight is 187 g/mol. The predicted molar refractivity (Wildman–Crippen MR) is 54.3 cm³/mol. The van der Waals surface area contributed by atoms with Gasteiger partial charge in [0.25, 0.3) is 0 Å². The molecule has 0 spiro atoms. The summed E-state index contributed by atoms with van der Waals surface area (Å²) >= 11 is 0. The highest BCUT2D eigenvalue weighted by molar-refractivity contribution is 5.99. The molecule has 2 aromatic rings. The van der Waals surface area contributed by atoms with E-state index in [9.17, 15) is 0 Å². The van der Waals surface area contributed by atoms with Crippen molar-refractivity contribution in [3.05, 3.63) is 42.1 Å². The standard InChI is InChI=1S/C10H9N3O/c11-10(13-14)8-5-7-3-1-2-4-9(7)12-6-8/h1-6,14H,(H2,11,13). The summed E-state index contributed by atoms with van der Waals surface area (Å²) in [7, 11) is 0. The summed E-state index contributed by atoms with van der Waals surface area (Å²) < 4.78 is 0. The largest absolute Gasteiger partial charge is 0.409 e. The molecule has 0 aliphatic carbocycles. The van der Waals surface area contributed by atoms with Crippen LogP contribution in [0.15, 0.2) is 41.7 Å². The van der Waals surface area contributed by atoms with Crippen molar-refractivity contribution in [2.75, 3.05) is 0 Å². The molecule has 0 bridgehead atoms. The zero-order valence-corrected chi connectivity index (χ0v) is 7.38. The molecule has 0 saturated carbocycles. The molecule has 4 heteroatoms. The average Bonchev–Trinajstić information content (AvgIpc) is 2.27. The Morgan fingerprint density at radius 1 is 1.36 bits per heavy atom. The van der Waals surface area contributed by atoms with Crippen LogP contribution in [-0.2, 0) is 0 Å². The van der Waals surface area contributed by atoms with E-state index >= 15 is 0 Å². The van der Waals surface area contributed by atoms with Crippen LogP contribution in [-0.4, -0.2) is 16.0 Å². The first-order valence-corrected chi connectivity index (χ1v) is 4.14. The highest BCUT2D eigenvalue weighted by Gasteiger charge is 2.00. The van der Waals surface area contributed by atoms with Gasteiger partial charge in [0.1, 0.15) is 0 Å². The summed E-state index contributed by atoms with van der Waals surface area (Å²) in [5, 5.41) is 12.4. The molecule has 0 radical (unpaired) electrons. The van der Waals surface area contributed by atoms with Crippen molar-refractivity contribution in [3.63, 3.8) is 0 Å². The van der Waals surface area contributed by atoms with E-state index < -0.39 is 0 Å². The van der Waals surface area contributed by atoms with Gasteiger partial charge in [0.15, 0.2) is 5.84 Å². The number of nitrogens with two attached hydrogens (primary N) is 1. The first-order chi connectivity index (χ1) is 6.81. The number of aromatic nitrogens is 1. The Morgan fingerprint density at radius 2 is 2.14 bits per heavy atom. The number of para-hydroxylation sites is 1. The number of hydrogen-bond donors (Lipinski definition) is 2. The molecule has 0 saturated heterocycles. The normalized spacial score (nSPS) is 11.9. The van der Waals surface area contributed by atoms with Crippen molar-refractivity contribution in [2.24, 2.45) is 10.9 Å². The molecule has 1 aromatic heterocycles. The number of oxime groups is 1. The van der Waals surface area contributed by atoms with Gasteiger partial charge in [-0.2, -0.15) is 0 Å². The fourth-order valence-corrected chi connectivity index (χ4v) is 1.27. The van der Waals surface area contributed by atoms with Gasteiger partial charge in [-0.3, -0.25) is 4.98 Å². The third kappa shape index (κ3) is 1.37. The minimum atomic E-state index is 0.0725. The molecule has 2 rings (SSSR count). The lowest BCUT2D eigenvalue weighted by molar-refractivity contribution is 0.318. The van der Waals surface area contributed by atoms with Crippen LogP contribution < -0.4 is 5.73 Å². The van der Waals surface area contributed by atoms with Crippen LogP contribution >= 0.6 is 0 Å². The van der Waals surface area contributed by atoms with E-state index in [-0.39, 0.29) is 5.84 Å². The number of fused-ring (bicyclic) bond motifs is 1. The number of nitrogens with zero attached hydrogens (tertiary/aromatic N) is 2. The Kier molecular flexibility index (Phi) is 2.02. The van der Waals surface area contributed by atoms with Crippen molar-refractivity contribution in [2.45, 2.75) is 0 Å². The first kappa shape index (κ1) is 8.50. The molecule has 0 fully saturated rings. The van der Waals surface area contributed by atoms with E-state index in [0.717, 1.165) is 10.9 Å². The molecular formula is C10H9N3O. The second-order valence-electron chi connectivity index (χ2n) is 2.90. The van der Waals surface area contributed by atoms with Gasteiger partial charge in [-0.15, -0.1) is 0 Å². The molecule has 4 nitrogen and oxygen atoms in total. The van der Waals surface area contributed by atoms with Crippen molar-refractivity contribution in [1.29, 1.82) is 0 Å². The van der Waals surface area contributed by atoms with Crippen LogP contribution in [0, 0.1) is 0 Å². The second-order valence-corrected chi connectivity index (χ2v) is 2.90. The number of hydrogen-bond acceptors (Lipinski definition) is 3. The van der Waals surface area contributed by atoms with E-state index in [1.165, 1.54) is 0 Å². The molecule has 0 amide bonds. The molecule has 0 unspecified atom stereocenters. The highest BCUT2D eigenvalue weighted by atomic mass is 16.4. The molecule has 14 heavy (non-hydrogen) atoms. The number of amidine groups is 1. The van der Waals surface area contributed by atoms with Gasteiger partial charge in [0.2, 0.25) is 0 Å². The van der Waals surface area contributed by atoms with Crippen molar-refractivity contribution in [3.8, 4) is 0 Å². The first-order valence-electron chi connectivity index (χ1n) is 4.14. The maximum atomic E-state index is 8.50. The lowest BCUT2D eigenvalue weighted by atomic mass is 10.1. The van der Waals surface area contributed by atoms with Gasteiger partial charge in [-0.25, -0.2) is 0 Å². The van der Waals surface area contributed by atoms with E-state index in [4.69, 9.17) is 10.9 Å². The van der Waals surface area contributed by atoms with Gasteiger partial charge in [0.05, 0.1) is 5.52 Å². The molecule has 70 valence electrons. The Labute approximate surface area is 80.7 Å². The van der Waals surface area contributed by atoms with Gasteiger partial charge >= 0.3 is 0 Å².